The first kappa shape index (κ1) is 12.6. The van der Waals surface area contributed by atoms with E-state index in [0.717, 1.165) is 37.0 Å². The van der Waals surface area contributed by atoms with E-state index < -0.39 is 0 Å². The van der Waals surface area contributed by atoms with Crippen molar-refractivity contribution in [2.45, 2.75) is 58.4 Å². The summed E-state index contributed by atoms with van der Waals surface area (Å²) >= 11 is 0. The highest BCUT2D eigenvalue weighted by molar-refractivity contribution is 5.13. The summed E-state index contributed by atoms with van der Waals surface area (Å²) in [6, 6.07) is 0. The molecule has 1 aliphatic carbocycles. The molecule has 0 amide bonds. The molecular weight excluding hydrogens is 212 g/mol. The van der Waals surface area contributed by atoms with Gasteiger partial charge in [-0.2, -0.15) is 0 Å². The highest BCUT2D eigenvalue weighted by Crippen LogP contribution is 2.40. The maximum Gasteiger partial charge on any atom is 0.140 e. The Morgan fingerprint density at radius 3 is 2.53 bits per heavy atom. The maximum atomic E-state index is 6.07. The number of nitrogens with zero attached hydrogens (tertiary/aromatic N) is 3. The quantitative estimate of drug-likeness (QED) is 0.873. The van der Waals surface area contributed by atoms with E-state index in [1.54, 1.807) is 0 Å². The first-order chi connectivity index (χ1) is 8.13. The summed E-state index contributed by atoms with van der Waals surface area (Å²) in [5.74, 6) is 2.95. The highest BCUT2D eigenvalue weighted by Gasteiger charge is 2.38. The molecule has 0 spiro atoms. The molecule has 4 nitrogen and oxygen atoms in total. The number of aryl methyl sites for hydroxylation is 1. The topological polar surface area (TPSA) is 56.7 Å². The molecule has 1 aliphatic rings. The van der Waals surface area contributed by atoms with Gasteiger partial charge >= 0.3 is 0 Å². The van der Waals surface area contributed by atoms with E-state index in [4.69, 9.17) is 5.73 Å². The van der Waals surface area contributed by atoms with E-state index in [0.29, 0.717) is 6.54 Å². The number of hydrogen-bond acceptors (Lipinski definition) is 3. The first-order valence-electron chi connectivity index (χ1n) is 6.73. The van der Waals surface area contributed by atoms with Gasteiger partial charge in [-0.1, -0.05) is 6.92 Å². The van der Waals surface area contributed by atoms with E-state index in [9.17, 15) is 0 Å². The van der Waals surface area contributed by atoms with Crippen LogP contribution in [0.4, 0.5) is 0 Å². The molecule has 1 fully saturated rings. The number of hydrogen-bond donors (Lipinski definition) is 1. The highest BCUT2D eigenvalue weighted by atomic mass is 15.3. The van der Waals surface area contributed by atoms with Crippen LogP contribution >= 0.6 is 0 Å². The second kappa shape index (κ2) is 4.77. The van der Waals surface area contributed by atoms with Crippen molar-refractivity contribution in [1.82, 2.24) is 14.8 Å². The Bertz CT molecular complexity index is 375. The summed E-state index contributed by atoms with van der Waals surface area (Å²) in [7, 11) is 0. The van der Waals surface area contributed by atoms with Crippen LogP contribution in [-0.2, 0) is 12.0 Å². The third-order valence-corrected chi connectivity index (χ3v) is 4.35. The zero-order valence-electron chi connectivity index (χ0n) is 11.2. The molecule has 0 bridgehead atoms. The van der Waals surface area contributed by atoms with Crippen LogP contribution in [0.2, 0.25) is 0 Å². The zero-order valence-corrected chi connectivity index (χ0v) is 11.2. The van der Waals surface area contributed by atoms with Gasteiger partial charge in [-0.05, 0) is 45.4 Å². The summed E-state index contributed by atoms with van der Waals surface area (Å²) < 4.78 is 2.23. The van der Waals surface area contributed by atoms with Crippen molar-refractivity contribution in [2.24, 2.45) is 11.7 Å². The number of nitrogens with two attached hydrogens (primary N) is 1. The number of aromatic nitrogens is 3. The Balaban J connectivity index is 2.34. The monoisotopic (exact) mass is 236 g/mol. The smallest absolute Gasteiger partial charge is 0.140 e. The van der Waals surface area contributed by atoms with E-state index in [2.05, 4.69) is 28.6 Å². The van der Waals surface area contributed by atoms with Crippen molar-refractivity contribution in [3.8, 4) is 0 Å². The lowest BCUT2D eigenvalue weighted by molar-refractivity contribution is 0.230. The fraction of sp³-hybridized carbons (Fsp3) is 0.846. The molecule has 2 N–H and O–H groups in total. The lowest BCUT2D eigenvalue weighted by Crippen LogP contribution is -2.41. The molecule has 96 valence electrons. The molecule has 1 saturated carbocycles. The molecule has 0 saturated heterocycles. The molecule has 1 aromatic rings. The minimum atomic E-state index is 0.0732. The van der Waals surface area contributed by atoms with E-state index in [1.807, 2.05) is 6.92 Å². The van der Waals surface area contributed by atoms with Crippen LogP contribution in [0.25, 0.3) is 0 Å². The summed E-state index contributed by atoms with van der Waals surface area (Å²) in [6.07, 6.45) is 4.82. The second-order valence-electron chi connectivity index (χ2n) is 5.48. The van der Waals surface area contributed by atoms with Crippen LogP contribution in [0.1, 0.15) is 51.2 Å². The van der Waals surface area contributed by atoms with Crippen LogP contribution in [-0.4, -0.2) is 21.3 Å². The lowest BCUT2D eigenvalue weighted by atomic mass is 9.70. The fourth-order valence-corrected chi connectivity index (χ4v) is 2.99. The summed E-state index contributed by atoms with van der Waals surface area (Å²) in [4.78, 5) is 0. The van der Waals surface area contributed by atoms with Crippen molar-refractivity contribution >= 4 is 0 Å². The zero-order chi connectivity index (χ0) is 12.5. The predicted molar refractivity (Wildman–Crippen MR) is 68.8 cm³/mol. The maximum absolute atomic E-state index is 6.07. The molecule has 1 aromatic heterocycles. The molecule has 0 unspecified atom stereocenters. The van der Waals surface area contributed by atoms with Gasteiger partial charge in [-0.25, -0.2) is 0 Å². The summed E-state index contributed by atoms with van der Waals surface area (Å²) in [6.45, 7) is 8.13. The normalized spacial score (nSPS) is 29.5. The average molecular weight is 236 g/mol. The Morgan fingerprint density at radius 1 is 1.35 bits per heavy atom. The van der Waals surface area contributed by atoms with Gasteiger partial charge in [0, 0.05) is 18.5 Å². The third-order valence-electron chi connectivity index (χ3n) is 4.35. The Labute approximate surface area is 104 Å². The predicted octanol–water partition coefficient (Wildman–Crippen LogP) is 2.01. The van der Waals surface area contributed by atoms with Gasteiger partial charge in [-0.15, -0.1) is 10.2 Å². The van der Waals surface area contributed by atoms with Crippen LogP contribution in [0.5, 0.6) is 0 Å². The molecule has 4 heteroatoms. The van der Waals surface area contributed by atoms with Crippen molar-refractivity contribution in [3.63, 3.8) is 0 Å². The molecule has 17 heavy (non-hydrogen) atoms. The second-order valence-corrected chi connectivity index (χ2v) is 5.48. The molecule has 2 rings (SSSR count). The van der Waals surface area contributed by atoms with Crippen LogP contribution < -0.4 is 5.73 Å². The Hall–Kier alpha value is -0.900. The summed E-state index contributed by atoms with van der Waals surface area (Å²) in [5.41, 5.74) is 6.14. The Kier molecular flexibility index (Phi) is 3.52. The largest absolute Gasteiger partial charge is 0.329 e. The van der Waals surface area contributed by atoms with Gasteiger partial charge in [0.25, 0.3) is 0 Å². The van der Waals surface area contributed by atoms with Crippen LogP contribution in [0.3, 0.4) is 0 Å². The van der Waals surface area contributed by atoms with Gasteiger partial charge in [-0.3, -0.25) is 0 Å². The fourth-order valence-electron chi connectivity index (χ4n) is 2.99. The standard InChI is InChI=1S/C13H24N4/c1-4-17-11(3)15-16-12(17)13(9-14)7-5-10(2)6-8-13/h10H,4-9,14H2,1-3H3. The molecule has 0 atom stereocenters. The molecule has 0 aliphatic heterocycles. The van der Waals surface area contributed by atoms with Crippen molar-refractivity contribution < 1.29 is 0 Å². The first-order valence-corrected chi connectivity index (χ1v) is 6.73. The Morgan fingerprint density at radius 2 is 2.00 bits per heavy atom. The van der Waals surface area contributed by atoms with Crippen LogP contribution in [0, 0.1) is 12.8 Å². The van der Waals surface area contributed by atoms with Crippen LogP contribution in [0.15, 0.2) is 0 Å². The minimum Gasteiger partial charge on any atom is -0.329 e. The lowest BCUT2D eigenvalue weighted by Gasteiger charge is -2.37. The molecule has 0 radical (unpaired) electrons. The minimum absolute atomic E-state index is 0.0732. The van der Waals surface area contributed by atoms with E-state index in [1.165, 1.54) is 12.8 Å². The SMILES string of the molecule is CCn1c(C)nnc1C1(CN)CCC(C)CC1. The molecular formula is C13H24N4. The van der Waals surface area contributed by atoms with Gasteiger partial charge in [0.2, 0.25) is 0 Å². The number of rotatable bonds is 3. The van der Waals surface area contributed by atoms with Crippen molar-refractivity contribution in [1.29, 1.82) is 0 Å². The average Bonchev–Trinajstić information content (AvgIpc) is 2.72. The third kappa shape index (κ3) is 2.10. The van der Waals surface area contributed by atoms with E-state index >= 15 is 0 Å². The van der Waals surface area contributed by atoms with Gasteiger partial charge < -0.3 is 10.3 Å². The van der Waals surface area contributed by atoms with Crippen molar-refractivity contribution in [2.75, 3.05) is 6.54 Å². The van der Waals surface area contributed by atoms with Crippen molar-refractivity contribution in [3.05, 3.63) is 11.6 Å². The van der Waals surface area contributed by atoms with Gasteiger partial charge in [0.1, 0.15) is 11.6 Å². The molecule has 0 aromatic carbocycles. The summed E-state index contributed by atoms with van der Waals surface area (Å²) in [5, 5.41) is 8.64. The van der Waals surface area contributed by atoms with Gasteiger partial charge in [0.05, 0.1) is 0 Å². The van der Waals surface area contributed by atoms with E-state index in [-0.39, 0.29) is 5.41 Å². The molecule has 1 heterocycles. The van der Waals surface area contributed by atoms with Gasteiger partial charge in [0.15, 0.2) is 0 Å².